The molecule has 5 aromatic rings. The van der Waals surface area contributed by atoms with E-state index >= 15 is 0 Å². The summed E-state index contributed by atoms with van der Waals surface area (Å²) in [5.41, 5.74) is 7.50. The molecule has 9 nitrogen and oxygen atoms in total. The van der Waals surface area contributed by atoms with Crippen molar-refractivity contribution in [2.45, 2.75) is 38.6 Å². The van der Waals surface area contributed by atoms with Crippen LogP contribution in [0.1, 0.15) is 41.4 Å². The standard InChI is InChI=1S/C30H28N6O3/c1-18-12-27-24-15-25-21(14-28(24)39-11-9-22-8-7-19-5-3-10-31-30(19)33-22)17-32-36(25)26(16-29(37)38)20-4-2-6-23(13-20)35(27)34-18/h2,4,6-8,12-15,17,26H,3,5,9-11,16H2,1H3,(H,31,33)(H,37,38). The number of pyridine rings is 1. The summed E-state index contributed by atoms with van der Waals surface area (Å²) in [5, 5.41) is 23.5. The molecule has 4 bridgehead atoms. The molecule has 7 rings (SSSR count). The molecular formula is C30H28N6O3. The van der Waals surface area contributed by atoms with Crippen LogP contribution in [0, 0.1) is 6.92 Å². The highest BCUT2D eigenvalue weighted by atomic mass is 16.5. The number of hydrogen-bond acceptors (Lipinski definition) is 6. The van der Waals surface area contributed by atoms with Gasteiger partial charge in [0, 0.05) is 29.6 Å². The van der Waals surface area contributed by atoms with Crippen molar-refractivity contribution in [3.63, 3.8) is 0 Å². The zero-order valence-electron chi connectivity index (χ0n) is 21.6. The molecule has 9 heteroatoms. The minimum atomic E-state index is -0.882. The highest BCUT2D eigenvalue weighted by Crippen LogP contribution is 2.39. The predicted octanol–water partition coefficient (Wildman–Crippen LogP) is 4.95. The molecule has 1 atom stereocenters. The van der Waals surface area contributed by atoms with E-state index in [0.29, 0.717) is 13.0 Å². The predicted molar refractivity (Wildman–Crippen MR) is 148 cm³/mol. The first-order valence-corrected chi connectivity index (χ1v) is 13.3. The number of aromatic nitrogens is 5. The number of carbonyl (C=O) groups is 1. The van der Waals surface area contributed by atoms with Crippen LogP contribution in [0.15, 0.2) is 60.8 Å². The summed E-state index contributed by atoms with van der Waals surface area (Å²) in [4.78, 5) is 16.7. The average Bonchev–Trinajstić information content (AvgIpc) is 3.53. The molecule has 39 heavy (non-hydrogen) atoms. The number of anilines is 1. The topological polar surface area (TPSA) is 107 Å². The van der Waals surface area contributed by atoms with Gasteiger partial charge in [-0.2, -0.15) is 10.2 Å². The molecule has 2 aromatic carbocycles. The van der Waals surface area contributed by atoms with E-state index in [2.05, 4.69) is 28.6 Å². The molecule has 196 valence electrons. The molecular weight excluding hydrogens is 492 g/mol. The molecule has 5 heterocycles. The van der Waals surface area contributed by atoms with Gasteiger partial charge in [0.25, 0.3) is 0 Å². The molecule has 2 aliphatic rings. The van der Waals surface area contributed by atoms with Crippen LogP contribution >= 0.6 is 0 Å². The maximum absolute atomic E-state index is 11.9. The number of ether oxygens (including phenoxy) is 1. The van der Waals surface area contributed by atoms with Gasteiger partial charge >= 0.3 is 5.97 Å². The Hall–Kier alpha value is -4.66. The summed E-state index contributed by atoms with van der Waals surface area (Å²) in [7, 11) is 0. The summed E-state index contributed by atoms with van der Waals surface area (Å²) in [6.07, 6.45) is 4.57. The molecule has 0 saturated carbocycles. The minimum Gasteiger partial charge on any atom is -0.492 e. The van der Waals surface area contributed by atoms with Crippen LogP contribution in [0.2, 0.25) is 0 Å². The van der Waals surface area contributed by atoms with Crippen LogP contribution < -0.4 is 10.1 Å². The van der Waals surface area contributed by atoms with Crippen LogP contribution in [0.4, 0.5) is 5.82 Å². The van der Waals surface area contributed by atoms with E-state index in [9.17, 15) is 9.90 Å². The summed E-state index contributed by atoms with van der Waals surface area (Å²) in [5.74, 6) is 0.832. The zero-order chi connectivity index (χ0) is 26.5. The Balaban J connectivity index is 1.30. The number of rotatable bonds is 6. The molecule has 0 aliphatic carbocycles. The molecule has 0 saturated heterocycles. The van der Waals surface area contributed by atoms with E-state index in [0.717, 1.165) is 75.8 Å². The number of nitrogens with zero attached hydrogens (tertiary/aromatic N) is 5. The van der Waals surface area contributed by atoms with Crippen molar-refractivity contribution in [2.24, 2.45) is 0 Å². The zero-order valence-corrected chi connectivity index (χ0v) is 21.6. The van der Waals surface area contributed by atoms with Gasteiger partial charge in [-0.25, -0.2) is 9.67 Å². The Bertz CT molecular complexity index is 1740. The number of aliphatic carboxylic acids is 1. The Morgan fingerprint density at radius 3 is 3.00 bits per heavy atom. The smallest absolute Gasteiger partial charge is 0.305 e. The lowest BCUT2D eigenvalue weighted by atomic mass is 10.0. The Kier molecular flexibility index (Phi) is 5.57. The molecule has 2 N–H and O–H groups in total. The van der Waals surface area contributed by atoms with Crippen molar-refractivity contribution in [2.75, 3.05) is 18.5 Å². The normalized spacial score (nSPS) is 15.5. The van der Waals surface area contributed by atoms with Crippen molar-refractivity contribution in [3.8, 4) is 22.7 Å². The maximum atomic E-state index is 11.9. The molecule has 1 unspecified atom stereocenters. The fourth-order valence-electron chi connectivity index (χ4n) is 5.68. The quantitative estimate of drug-likeness (QED) is 0.326. The number of carboxylic acids is 1. The van der Waals surface area contributed by atoms with Crippen molar-refractivity contribution < 1.29 is 14.6 Å². The number of fused-ring (bicyclic) bond motifs is 7. The minimum absolute atomic E-state index is 0.0819. The Morgan fingerprint density at radius 1 is 1.18 bits per heavy atom. The largest absolute Gasteiger partial charge is 0.492 e. The summed E-state index contributed by atoms with van der Waals surface area (Å²) < 4.78 is 10.2. The second-order valence-corrected chi connectivity index (χ2v) is 10.2. The monoisotopic (exact) mass is 520 g/mol. The van der Waals surface area contributed by atoms with Gasteiger partial charge in [-0.1, -0.05) is 18.2 Å². The summed E-state index contributed by atoms with van der Waals surface area (Å²) in [6.45, 7) is 3.39. The SMILES string of the molecule is Cc1cc2n(n1)-c1cccc(c1)C(CC(=O)O)n1ncc3cc(OCCc4ccc5c(n4)NCCC5)c-2cc31. The molecule has 0 fully saturated rings. The Morgan fingerprint density at radius 2 is 2.10 bits per heavy atom. The van der Waals surface area contributed by atoms with E-state index in [4.69, 9.17) is 14.8 Å². The number of nitrogens with one attached hydrogen (secondary N) is 1. The third-order valence-corrected chi connectivity index (χ3v) is 7.53. The number of aryl methyl sites for hydroxylation is 2. The first-order chi connectivity index (χ1) is 19.0. The van der Waals surface area contributed by atoms with Crippen LogP contribution in [0.25, 0.3) is 27.8 Å². The highest BCUT2D eigenvalue weighted by Gasteiger charge is 2.25. The molecule has 0 amide bonds. The van der Waals surface area contributed by atoms with Gasteiger partial charge in [0.05, 0.1) is 47.9 Å². The highest BCUT2D eigenvalue weighted by molar-refractivity contribution is 5.88. The van der Waals surface area contributed by atoms with E-state index < -0.39 is 12.0 Å². The van der Waals surface area contributed by atoms with Crippen LogP contribution in [0.5, 0.6) is 5.75 Å². The number of hydrogen-bond donors (Lipinski definition) is 2. The first kappa shape index (κ1) is 23.5. The lowest BCUT2D eigenvalue weighted by Crippen LogP contribution is -2.17. The third-order valence-electron chi connectivity index (χ3n) is 7.53. The Labute approximate surface area is 225 Å². The van der Waals surface area contributed by atoms with Gasteiger partial charge in [0.2, 0.25) is 0 Å². The summed E-state index contributed by atoms with van der Waals surface area (Å²) in [6, 6.07) is 17.8. The third kappa shape index (κ3) is 4.20. The van der Waals surface area contributed by atoms with Gasteiger partial charge in [-0.15, -0.1) is 0 Å². The number of benzene rings is 2. The molecule has 2 aliphatic heterocycles. The molecule has 3 aromatic heterocycles. The lowest BCUT2D eigenvalue weighted by Gasteiger charge is -2.21. The first-order valence-electron chi connectivity index (χ1n) is 13.3. The van der Waals surface area contributed by atoms with Gasteiger partial charge in [-0.05, 0) is 67.3 Å². The average molecular weight is 521 g/mol. The van der Waals surface area contributed by atoms with Crippen molar-refractivity contribution in [1.29, 1.82) is 0 Å². The molecule has 0 radical (unpaired) electrons. The van der Waals surface area contributed by atoms with Crippen LogP contribution in [-0.4, -0.2) is 48.8 Å². The maximum Gasteiger partial charge on any atom is 0.305 e. The van der Waals surface area contributed by atoms with Crippen LogP contribution in [-0.2, 0) is 17.6 Å². The van der Waals surface area contributed by atoms with E-state index in [1.165, 1.54) is 5.56 Å². The lowest BCUT2D eigenvalue weighted by molar-refractivity contribution is -0.137. The van der Waals surface area contributed by atoms with Crippen molar-refractivity contribution in [3.05, 3.63) is 83.3 Å². The van der Waals surface area contributed by atoms with E-state index in [1.807, 2.05) is 52.7 Å². The van der Waals surface area contributed by atoms with Gasteiger partial charge in [0.1, 0.15) is 11.6 Å². The fraction of sp³-hybridized carbons (Fsp3) is 0.267. The van der Waals surface area contributed by atoms with E-state index in [-0.39, 0.29) is 6.42 Å². The summed E-state index contributed by atoms with van der Waals surface area (Å²) >= 11 is 0. The van der Waals surface area contributed by atoms with E-state index in [1.54, 1.807) is 6.20 Å². The van der Waals surface area contributed by atoms with Gasteiger partial charge in [0.15, 0.2) is 0 Å². The van der Waals surface area contributed by atoms with Crippen molar-refractivity contribution >= 4 is 22.7 Å². The van der Waals surface area contributed by atoms with Gasteiger partial charge < -0.3 is 15.2 Å². The second-order valence-electron chi connectivity index (χ2n) is 10.2. The van der Waals surface area contributed by atoms with Crippen molar-refractivity contribution in [1.82, 2.24) is 24.5 Å². The fourth-order valence-corrected chi connectivity index (χ4v) is 5.68. The van der Waals surface area contributed by atoms with Crippen LogP contribution in [0.3, 0.4) is 0 Å². The second kappa shape index (κ2) is 9.27. The molecule has 0 spiro atoms. The number of carboxylic acid groups (broad SMARTS) is 1. The van der Waals surface area contributed by atoms with Gasteiger partial charge in [-0.3, -0.25) is 9.48 Å².